The fourth-order valence-electron chi connectivity index (χ4n) is 3.44. The van der Waals surface area contributed by atoms with Gasteiger partial charge in [0.05, 0.1) is 5.52 Å². The molecular weight excluding hydrogens is 226 g/mol. The summed E-state index contributed by atoms with van der Waals surface area (Å²) in [5, 5.41) is 8.08. The fourth-order valence-corrected chi connectivity index (χ4v) is 3.44. The lowest BCUT2D eigenvalue weighted by Crippen LogP contribution is -2.37. The molecule has 2 aromatic rings. The number of hydrogen-bond acceptors (Lipinski definition) is 2. The van der Waals surface area contributed by atoms with Crippen molar-refractivity contribution in [3.05, 3.63) is 30.0 Å². The van der Waals surface area contributed by atoms with Crippen molar-refractivity contribution in [2.75, 3.05) is 6.54 Å². The van der Waals surface area contributed by atoms with Gasteiger partial charge in [-0.3, -0.25) is 9.89 Å². The molecule has 1 aliphatic carbocycles. The van der Waals surface area contributed by atoms with Gasteiger partial charge in [-0.25, -0.2) is 0 Å². The number of nitrogens with zero attached hydrogens (tertiary/aromatic N) is 2. The van der Waals surface area contributed by atoms with Gasteiger partial charge in [-0.15, -0.1) is 0 Å². The molecule has 2 aliphatic rings. The summed E-state index contributed by atoms with van der Waals surface area (Å²) in [5.41, 5.74) is 1.52. The van der Waals surface area contributed by atoms with Gasteiger partial charge in [0.25, 0.3) is 5.91 Å². The first-order valence-corrected chi connectivity index (χ1v) is 6.57. The molecule has 1 aliphatic heterocycles. The van der Waals surface area contributed by atoms with Crippen molar-refractivity contribution in [3.8, 4) is 0 Å². The smallest absolute Gasteiger partial charge is 0.275 e. The summed E-state index contributed by atoms with van der Waals surface area (Å²) >= 11 is 0. The van der Waals surface area contributed by atoms with E-state index in [4.69, 9.17) is 0 Å². The van der Waals surface area contributed by atoms with Crippen molar-refractivity contribution < 1.29 is 4.79 Å². The van der Waals surface area contributed by atoms with E-state index in [2.05, 4.69) is 10.2 Å². The minimum atomic E-state index is 0.0969. The van der Waals surface area contributed by atoms with Crippen molar-refractivity contribution in [1.82, 2.24) is 15.1 Å². The summed E-state index contributed by atoms with van der Waals surface area (Å²) in [6, 6.07) is 8.27. The minimum Gasteiger partial charge on any atom is -0.334 e. The van der Waals surface area contributed by atoms with E-state index in [1.807, 2.05) is 29.2 Å². The van der Waals surface area contributed by atoms with E-state index >= 15 is 0 Å². The molecule has 2 heterocycles. The number of carbonyl (C=O) groups is 1. The molecule has 2 atom stereocenters. The lowest BCUT2D eigenvalue weighted by atomic mass is 10.1. The topological polar surface area (TPSA) is 49.0 Å². The van der Waals surface area contributed by atoms with E-state index in [1.54, 1.807) is 0 Å². The molecule has 2 unspecified atom stereocenters. The lowest BCUT2D eigenvalue weighted by Gasteiger charge is -2.26. The third-order valence-electron chi connectivity index (χ3n) is 4.34. The maximum Gasteiger partial charge on any atom is 0.275 e. The van der Waals surface area contributed by atoms with Crippen LogP contribution in [0.5, 0.6) is 0 Å². The molecule has 2 fully saturated rings. The number of nitrogens with one attached hydrogen (secondary N) is 1. The summed E-state index contributed by atoms with van der Waals surface area (Å²) < 4.78 is 0. The van der Waals surface area contributed by atoms with Crippen LogP contribution in [0.25, 0.3) is 10.9 Å². The molecule has 1 aromatic carbocycles. The molecule has 4 nitrogen and oxygen atoms in total. The number of piperidine rings is 1. The van der Waals surface area contributed by atoms with E-state index in [1.165, 1.54) is 19.3 Å². The highest BCUT2D eigenvalue weighted by Gasteiger charge is 2.41. The molecular formula is C14H15N3O. The van der Waals surface area contributed by atoms with Crippen molar-refractivity contribution in [1.29, 1.82) is 0 Å². The van der Waals surface area contributed by atoms with Crippen molar-refractivity contribution >= 4 is 16.8 Å². The third-order valence-corrected chi connectivity index (χ3v) is 4.34. The zero-order chi connectivity index (χ0) is 12.1. The number of fused-ring (bicyclic) bond motifs is 3. The fraction of sp³-hybridized carbons (Fsp3) is 0.429. The number of aromatic amines is 1. The number of rotatable bonds is 1. The quantitative estimate of drug-likeness (QED) is 0.832. The van der Waals surface area contributed by atoms with Gasteiger partial charge in [-0.2, -0.15) is 5.10 Å². The third kappa shape index (κ3) is 1.32. The van der Waals surface area contributed by atoms with Crippen LogP contribution in [-0.2, 0) is 0 Å². The molecule has 4 rings (SSSR count). The maximum atomic E-state index is 12.6. The molecule has 1 saturated carbocycles. The Balaban J connectivity index is 1.72. The molecule has 2 bridgehead atoms. The predicted octanol–water partition coefficient (Wildman–Crippen LogP) is 2.19. The average molecular weight is 241 g/mol. The number of amides is 1. The normalized spacial score (nSPS) is 26.1. The average Bonchev–Trinajstić information content (AvgIpc) is 3.12. The zero-order valence-electron chi connectivity index (χ0n) is 10.1. The van der Waals surface area contributed by atoms with Gasteiger partial charge in [0, 0.05) is 18.0 Å². The Kier molecular flexibility index (Phi) is 2.01. The second kappa shape index (κ2) is 3.57. The van der Waals surface area contributed by atoms with Crippen LogP contribution in [0.3, 0.4) is 0 Å². The molecule has 0 spiro atoms. The monoisotopic (exact) mass is 241 g/mol. The summed E-state index contributed by atoms with van der Waals surface area (Å²) in [6.45, 7) is 0.921. The number of likely N-dealkylation sites (tertiary alicyclic amines) is 1. The van der Waals surface area contributed by atoms with Gasteiger partial charge in [0.2, 0.25) is 0 Å². The van der Waals surface area contributed by atoms with Crippen molar-refractivity contribution in [2.24, 2.45) is 5.92 Å². The highest BCUT2D eigenvalue weighted by Crippen LogP contribution is 2.38. The van der Waals surface area contributed by atoms with Gasteiger partial charge >= 0.3 is 0 Å². The first-order chi connectivity index (χ1) is 8.83. The molecule has 18 heavy (non-hydrogen) atoms. The molecule has 4 heteroatoms. The molecule has 1 N–H and O–H groups in total. The zero-order valence-corrected chi connectivity index (χ0v) is 10.1. The molecule has 0 radical (unpaired) electrons. The largest absolute Gasteiger partial charge is 0.334 e. The summed E-state index contributed by atoms with van der Waals surface area (Å²) in [7, 11) is 0. The highest BCUT2D eigenvalue weighted by atomic mass is 16.2. The minimum absolute atomic E-state index is 0.0969. The Morgan fingerprint density at radius 2 is 2.22 bits per heavy atom. The molecule has 92 valence electrons. The van der Waals surface area contributed by atoms with Gasteiger partial charge < -0.3 is 4.90 Å². The highest BCUT2D eigenvalue weighted by molar-refractivity contribution is 6.04. The van der Waals surface area contributed by atoms with E-state index < -0.39 is 0 Å². The van der Waals surface area contributed by atoms with Gasteiger partial charge in [0.15, 0.2) is 5.69 Å². The number of benzene rings is 1. The number of H-pyrrole nitrogens is 1. The van der Waals surface area contributed by atoms with Crippen LogP contribution in [0.15, 0.2) is 24.3 Å². The second-order valence-electron chi connectivity index (χ2n) is 5.41. The van der Waals surface area contributed by atoms with Crippen LogP contribution in [0.4, 0.5) is 0 Å². The van der Waals surface area contributed by atoms with Gasteiger partial charge in [-0.1, -0.05) is 18.2 Å². The van der Waals surface area contributed by atoms with E-state index in [0.29, 0.717) is 11.7 Å². The first-order valence-electron chi connectivity index (χ1n) is 6.57. The van der Waals surface area contributed by atoms with Crippen LogP contribution < -0.4 is 0 Å². The standard InChI is InChI=1S/C14H15N3O/c18-14(17-8-9-5-6-10(17)7-9)13-11-3-1-2-4-12(11)15-16-13/h1-4,9-10H,5-8H2,(H,15,16). The Morgan fingerprint density at radius 1 is 1.33 bits per heavy atom. The van der Waals surface area contributed by atoms with Gasteiger partial charge in [0.1, 0.15) is 0 Å². The second-order valence-corrected chi connectivity index (χ2v) is 5.41. The Hall–Kier alpha value is -1.84. The molecule has 1 saturated heterocycles. The van der Waals surface area contributed by atoms with Crippen LogP contribution >= 0.6 is 0 Å². The summed E-state index contributed by atoms with van der Waals surface area (Å²) in [6.07, 6.45) is 3.64. The maximum absolute atomic E-state index is 12.6. The number of carbonyl (C=O) groups excluding carboxylic acids is 1. The Labute approximate surface area is 105 Å². The van der Waals surface area contributed by atoms with E-state index in [9.17, 15) is 4.79 Å². The van der Waals surface area contributed by atoms with Crippen molar-refractivity contribution in [3.63, 3.8) is 0 Å². The lowest BCUT2D eigenvalue weighted by molar-refractivity contribution is 0.0699. The predicted molar refractivity (Wildman–Crippen MR) is 68.3 cm³/mol. The number of aromatic nitrogens is 2. The van der Waals surface area contributed by atoms with Crippen LogP contribution in [0.1, 0.15) is 29.8 Å². The van der Waals surface area contributed by atoms with Crippen molar-refractivity contribution in [2.45, 2.75) is 25.3 Å². The van der Waals surface area contributed by atoms with Crippen LogP contribution in [0, 0.1) is 5.92 Å². The van der Waals surface area contributed by atoms with E-state index in [0.717, 1.165) is 23.4 Å². The van der Waals surface area contributed by atoms with E-state index in [-0.39, 0.29) is 5.91 Å². The Bertz CT molecular complexity index is 618. The summed E-state index contributed by atoms with van der Waals surface area (Å²) in [4.78, 5) is 14.6. The number of para-hydroxylation sites is 1. The number of hydrogen-bond donors (Lipinski definition) is 1. The Morgan fingerprint density at radius 3 is 3.00 bits per heavy atom. The molecule has 1 aromatic heterocycles. The van der Waals surface area contributed by atoms with Gasteiger partial charge in [-0.05, 0) is 31.2 Å². The molecule has 1 amide bonds. The summed E-state index contributed by atoms with van der Waals surface area (Å²) in [5.74, 6) is 0.823. The first kappa shape index (κ1) is 10.1. The SMILES string of the molecule is O=C(c1n[nH]c2ccccc12)N1CC2CCC1C2. The van der Waals surface area contributed by atoms with Crippen LogP contribution in [0.2, 0.25) is 0 Å². The van der Waals surface area contributed by atoms with Crippen LogP contribution in [-0.4, -0.2) is 33.6 Å².